The molecule has 2 N–H and O–H groups in total. The summed E-state index contributed by atoms with van der Waals surface area (Å²) in [5.74, 6) is 3.30. The second-order valence-corrected chi connectivity index (χ2v) is 16.9. The molecule has 18 nitrogen and oxygen atoms in total. The molecule has 2 saturated carbocycles. The van der Waals surface area contributed by atoms with Gasteiger partial charge in [-0.15, -0.1) is 10.2 Å². The number of hydrogen-bond donors (Lipinski definition) is 2. The number of anilines is 2. The van der Waals surface area contributed by atoms with Crippen LogP contribution in [0, 0.1) is 22.7 Å². The highest BCUT2D eigenvalue weighted by atomic mass is 16.5. The summed E-state index contributed by atoms with van der Waals surface area (Å²) >= 11 is 0. The molecule has 0 bridgehead atoms. The molecule has 2 aliphatic carbocycles. The third kappa shape index (κ3) is 9.42. The van der Waals surface area contributed by atoms with Crippen molar-refractivity contribution in [3.05, 3.63) is 95.2 Å². The van der Waals surface area contributed by atoms with Gasteiger partial charge in [-0.25, -0.2) is 14.0 Å². The van der Waals surface area contributed by atoms with Gasteiger partial charge in [0.1, 0.15) is 63.9 Å². The highest BCUT2D eigenvalue weighted by molar-refractivity contribution is 5.77. The Bertz CT molecular complexity index is 2850. The summed E-state index contributed by atoms with van der Waals surface area (Å²) in [5.41, 5.74) is 6.97. The molecule has 0 atom stereocenters. The summed E-state index contributed by atoms with van der Waals surface area (Å²) in [4.78, 5) is 8.75. The maximum absolute atomic E-state index is 10.5. The Labute approximate surface area is 381 Å². The van der Waals surface area contributed by atoms with E-state index in [1.807, 2.05) is 30.6 Å². The SMILES string of the molecule is COc1ccnc(NC2CCC(Oc3cc(C4=CCOCC4)cn4nc(COc5ccc(NC6CCC(Oc7cc(C8=CCOCC8)cn8ncc(C#N)c78)CC6)nn5)c(C#N)c34)CC2)n1. The quantitative estimate of drug-likeness (QED) is 0.112. The van der Waals surface area contributed by atoms with Crippen LogP contribution in [0.25, 0.3) is 22.2 Å². The highest BCUT2D eigenvalue weighted by Crippen LogP contribution is 2.36. The minimum atomic E-state index is -0.0556. The lowest BCUT2D eigenvalue weighted by Crippen LogP contribution is -2.31. The van der Waals surface area contributed by atoms with Crippen molar-refractivity contribution in [1.82, 2.24) is 39.4 Å². The van der Waals surface area contributed by atoms with Crippen LogP contribution >= 0.6 is 0 Å². The summed E-state index contributed by atoms with van der Waals surface area (Å²) in [7, 11) is 1.59. The maximum Gasteiger partial charge on any atom is 0.233 e. The number of pyridine rings is 2. The Morgan fingerprint density at radius 1 is 0.758 bits per heavy atom. The van der Waals surface area contributed by atoms with E-state index in [9.17, 15) is 10.5 Å². The summed E-state index contributed by atoms with van der Waals surface area (Å²) < 4.78 is 39.4. The minimum absolute atomic E-state index is 0.00961. The van der Waals surface area contributed by atoms with Gasteiger partial charge in [0, 0.05) is 42.8 Å². The summed E-state index contributed by atoms with van der Waals surface area (Å²) in [6.07, 6.45) is 19.6. The van der Waals surface area contributed by atoms with E-state index in [1.54, 1.807) is 40.7 Å². The lowest BCUT2D eigenvalue weighted by Gasteiger charge is -2.30. The fraction of sp³-hybridized carbons (Fsp3) is 0.417. The molecule has 8 heterocycles. The lowest BCUT2D eigenvalue weighted by atomic mass is 9.93. The van der Waals surface area contributed by atoms with Crippen molar-refractivity contribution >= 4 is 33.9 Å². The lowest BCUT2D eigenvalue weighted by molar-refractivity contribution is 0.151. The summed E-state index contributed by atoms with van der Waals surface area (Å²) in [5, 5.41) is 45.4. The molecule has 6 aromatic rings. The number of nitriles is 2. The van der Waals surface area contributed by atoms with Gasteiger partial charge in [-0.05, 0) is 105 Å². The van der Waals surface area contributed by atoms with Crippen LogP contribution in [-0.2, 0) is 16.1 Å². The van der Waals surface area contributed by atoms with Crippen LogP contribution in [0.15, 0.2) is 67.3 Å². The molecule has 2 fully saturated rings. The third-order valence-corrected chi connectivity index (χ3v) is 12.7. The fourth-order valence-corrected chi connectivity index (χ4v) is 9.23. The van der Waals surface area contributed by atoms with Crippen molar-refractivity contribution in [3.63, 3.8) is 0 Å². The monoisotopic (exact) mass is 890 g/mol. The van der Waals surface area contributed by atoms with Gasteiger partial charge in [0.25, 0.3) is 0 Å². The van der Waals surface area contributed by atoms with Gasteiger partial charge in [0.2, 0.25) is 17.7 Å². The molecular weight excluding hydrogens is 841 g/mol. The van der Waals surface area contributed by atoms with Crippen LogP contribution < -0.4 is 29.6 Å². The molecule has 10 rings (SSSR count). The fourth-order valence-electron chi connectivity index (χ4n) is 9.23. The number of fused-ring (bicyclic) bond motifs is 2. The van der Waals surface area contributed by atoms with Gasteiger partial charge >= 0.3 is 0 Å². The van der Waals surface area contributed by atoms with Crippen LogP contribution in [-0.4, -0.2) is 97.2 Å². The average molecular weight is 891 g/mol. The molecular formula is C48H50N12O6. The van der Waals surface area contributed by atoms with E-state index < -0.39 is 0 Å². The molecule has 0 amide bonds. The van der Waals surface area contributed by atoms with E-state index in [2.05, 4.69) is 60.2 Å². The zero-order valence-corrected chi connectivity index (χ0v) is 36.7. The van der Waals surface area contributed by atoms with Crippen molar-refractivity contribution in [3.8, 4) is 35.4 Å². The van der Waals surface area contributed by atoms with Crippen LogP contribution in [0.1, 0.15) is 92.2 Å². The number of aromatic nitrogens is 8. The molecule has 0 radical (unpaired) electrons. The Kier molecular flexibility index (Phi) is 12.6. The molecule has 18 heteroatoms. The zero-order valence-electron chi connectivity index (χ0n) is 36.7. The van der Waals surface area contributed by atoms with E-state index in [0.717, 1.165) is 80.9 Å². The standard InChI is InChI=1S/C48H50N12O6/c1-61-44-12-17-51-48(55-44)54-36-4-8-38(9-5-36)66-42-23-33(31-15-20-63-21-16-31)28-60-47(42)39(25-50)40(58-60)29-64-45-11-10-43(56-57-45)53-35-2-6-37(7-3-35)65-41-22-32(30-13-18-62-19-14-30)27-59-46(41)34(24-49)26-52-59/h10-13,15,17,22-23,26-28,35-38H,2-9,14,16,18-21,29H2,1H3,(H,53,56)(H,51,54,55). The number of hydrogen-bond acceptors (Lipinski definition) is 16. The van der Waals surface area contributed by atoms with Crippen LogP contribution in [0.2, 0.25) is 0 Å². The van der Waals surface area contributed by atoms with Gasteiger partial charge in [0.15, 0.2) is 0 Å². The van der Waals surface area contributed by atoms with Crippen LogP contribution in [0.5, 0.6) is 23.3 Å². The first-order valence-corrected chi connectivity index (χ1v) is 22.6. The van der Waals surface area contributed by atoms with Gasteiger partial charge < -0.3 is 39.1 Å². The van der Waals surface area contributed by atoms with Gasteiger partial charge in [-0.3, -0.25) is 0 Å². The Balaban J connectivity index is 0.773. The summed E-state index contributed by atoms with van der Waals surface area (Å²) in [6, 6.07) is 14.4. The second-order valence-electron chi connectivity index (χ2n) is 16.9. The van der Waals surface area contributed by atoms with Gasteiger partial charge in [-0.1, -0.05) is 12.2 Å². The van der Waals surface area contributed by atoms with Crippen molar-refractivity contribution in [2.75, 3.05) is 44.2 Å². The molecule has 6 aromatic heterocycles. The first kappa shape index (κ1) is 42.7. The third-order valence-electron chi connectivity index (χ3n) is 12.7. The molecule has 0 saturated heterocycles. The van der Waals surface area contributed by atoms with Gasteiger partial charge in [-0.2, -0.15) is 25.7 Å². The average Bonchev–Trinajstić information content (AvgIpc) is 3.97. The van der Waals surface area contributed by atoms with Crippen molar-refractivity contribution in [2.24, 2.45) is 0 Å². The largest absolute Gasteiger partial charge is 0.488 e. The van der Waals surface area contributed by atoms with Crippen molar-refractivity contribution in [1.29, 1.82) is 10.5 Å². The molecule has 0 unspecified atom stereocenters. The second kappa shape index (κ2) is 19.4. The molecule has 0 aromatic carbocycles. The van der Waals surface area contributed by atoms with E-state index in [-0.39, 0.29) is 30.9 Å². The first-order valence-electron chi connectivity index (χ1n) is 22.6. The molecule has 66 heavy (non-hydrogen) atoms. The summed E-state index contributed by atoms with van der Waals surface area (Å²) in [6.45, 7) is 2.44. The molecule has 338 valence electrons. The van der Waals surface area contributed by atoms with Crippen LogP contribution in [0.3, 0.4) is 0 Å². The van der Waals surface area contributed by atoms with E-state index in [4.69, 9.17) is 33.5 Å². The Morgan fingerprint density at radius 2 is 1.42 bits per heavy atom. The normalized spacial score (nSPS) is 21.0. The predicted octanol–water partition coefficient (Wildman–Crippen LogP) is 7.10. The Morgan fingerprint density at radius 3 is 2.03 bits per heavy atom. The van der Waals surface area contributed by atoms with E-state index in [1.165, 1.54) is 5.57 Å². The van der Waals surface area contributed by atoms with E-state index in [0.29, 0.717) is 89.3 Å². The zero-order chi connectivity index (χ0) is 44.8. The highest BCUT2D eigenvalue weighted by Gasteiger charge is 2.28. The smallest absolute Gasteiger partial charge is 0.233 e. The number of rotatable bonds is 14. The molecule has 0 spiro atoms. The first-order chi connectivity index (χ1) is 32.5. The maximum atomic E-state index is 10.5. The number of methoxy groups -OCH3 is 1. The number of ether oxygens (including phenoxy) is 6. The minimum Gasteiger partial charge on any atom is -0.488 e. The molecule has 4 aliphatic rings. The molecule has 2 aliphatic heterocycles. The predicted molar refractivity (Wildman–Crippen MR) is 242 cm³/mol. The van der Waals surface area contributed by atoms with Gasteiger partial charge in [0.05, 0.1) is 51.9 Å². The Hall–Kier alpha value is -7.28. The number of nitrogens with zero attached hydrogens (tertiary/aromatic N) is 10. The van der Waals surface area contributed by atoms with Crippen LogP contribution in [0.4, 0.5) is 11.8 Å². The van der Waals surface area contributed by atoms with E-state index >= 15 is 0 Å². The topological polar surface area (TPSA) is 213 Å². The van der Waals surface area contributed by atoms with Crippen molar-refractivity contribution in [2.45, 2.75) is 95.1 Å². The number of nitrogens with one attached hydrogen (secondary N) is 2. The van der Waals surface area contributed by atoms with Crippen molar-refractivity contribution < 1.29 is 28.4 Å².